The Hall–Kier alpha value is -1.64. The Labute approximate surface area is 186 Å². The fourth-order valence-corrected chi connectivity index (χ4v) is 3.37. The second-order valence-electron chi connectivity index (χ2n) is 7.17. The van der Waals surface area contributed by atoms with Gasteiger partial charge in [-0.05, 0) is 36.7 Å². The molecule has 0 bridgehead atoms. The van der Waals surface area contributed by atoms with E-state index in [1.807, 2.05) is 12.1 Å². The topological polar surface area (TPSA) is 56.9 Å². The molecule has 0 aliphatic carbocycles. The van der Waals surface area contributed by atoms with E-state index in [1.165, 1.54) is 16.7 Å². The van der Waals surface area contributed by atoms with Crippen LogP contribution in [0.4, 0.5) is 5.69 Å². The number of nitrogens with two attached hydrogens (primary N) is 1. The Kier molecular flexibility index (Phi) is 9.21. The van der Waals surface area contributed by atoms with Gasteiger partial charge in [-0.2, -0.15) is 0 Å². The first kappa shape index (κ1) is 22.6. The number of likely N-dealkylation sites (N-methyl/N-ethyl adjacent to an activating group) is 1. The van der Waals surface area contributed by atoms with E-state index in [4.69, 9.17) is 5.73 Å². The lowest BCUT2D eigenvalue weighted by Gasteiger charge is -2.34. The summed E-state index contributed by atoms with van der Waals surface area (Å²) in [6.45, 7) is 11.6. The van der Waals surface area contributed by atoms with Crippen molar-refractivity contribution < 1.29 is 0 Å². The molecule has 5 nitrogen and oxygen atoms in total. The first-order chi connectivity index (χ1) is 13.1. The van der Waals surface area contributed by atoms with Crippen LogP contribution in [0.2, 0.25) is 0 Å². The Balaban J connectivity index is 0.00000280. The van der Waals surface area contributed by atoms with Crippen LogP contribution in [0.3, 0.4) is 0 Å². The number of hydrogen-bond donors (Lipinski definition) is 2. The predicted molar refractivity (Wildman–Crippen MR) is 129 cm³/mol. The lowest BCUT2D eigenvalue weighted by atomic mass is 10.1. The van der Waals surface area contributed by atoms with E-state index < -0.39 is 0 Å². The monoisotopic (exact) mass is 493 g/mol. The highest BCUT2D eigenvalue weighted by Gasteiger charge is 2.16. The molecule has 2 aromatic carbocycles. The van der Waals surface area contributed by atoms with Gasteiger partial charge in [0, 0.05) is 38.4 Å². The number of aliphatic imine (C=N–C) groups is 1. The molecule has 28 heavy (non-hydrogen) atoms. The van der Waals surface area contributed by atoms with E-state index in [-0.39, 0.29) is 24.0 Å². The molecule has 1 fully saturated rings. The Morgan fingerprint density at radius 3 is 2.21 bits per heavy atom. The van der Waals surface area contributed by atoms with Gasteiger partial charge in [0.15, 0.2) is 5.96 Å². The number of guanidine groups is 1. The minimum absolute atomic E-state index is 0. The summed E-state index contributed by atoms with van der Waals surface area (Å²) in [6.07, 6.45) is 0. The molecule has 3 N–H and O–H groups in total. The molecule has 0 aromatic heterocycles. The molecule has 0 saturated carbocycles. The van der Waals surface area contributed by atoms with Crippen LogP contribution in [0.15, 0.2) is 53.5 Å². The number of nitrogens with zero attached hydrogens (tertiary/aromatic N) is 3. The summed E-state index contributed by atoms with van der Waals surface area (Å²) in [5, 5.41) is 3.16. The van der Waals surface area contributed by atoms with E-state index in [0.29, 0.717) is 12.5 Å². The minimum Gasteiger partial charge on any atom is -0.370 e. The molecular formula is C22H32IN5. The zero-order valence-corrected chi connectivity index (χ0v) is 19.2. The molecule has 1 aliphatic heterocycles. The second-order valence-corrected chi connectivity index (χ2v) is 7.17. The van der Waals surface area contributed by atoms with Crippen molar-refractivity contribution in [2.75, 3.05) is 38.0 Å². The summed E-state index contributed by atoms with van der Waals surface area (Å²) in [6, 6.07) is 16.7. The van der Waals surface area contributed by atoms with Gasteiger partial charge in [-0.15, -0.1) is 24.0 Å². The van der Waals surface area contributed by atoms with E-state index in [9.17, 15) is 0 Å². The molecule has 0 spiro atoms. The molecule has 3 rings (SSSR count). The Morgan fingerprint density at radius 2 is 1.57 bits per heavy atom. The largest absolute Gasteiger partial charge is 0.370 e. The molecule has 0 unspecified atom stereocenters. The molecular weight excluding hydrogens is 461 g/mol. The summed E-state index contributed by atoms with van der Waals surface area (Å²) in [4.78, 5) is 9.58. The number of halogens is 1. The SMILES string of the molecule is CCN1CCN(Cc2ccccc2CN=C(N)Nc2ccc(C)cc2)CC1.I. The van der Waals surface area contributed by atoms with Crippen LogP contribution in [0.5, 0.6) is 0 Å². The fourth-order valence-electron chi connectivity index (χ4n) is 3.37. The number of aryl methyl sites for hydroxylation is 1. The Bertz CT molecular complexity index is 752. The third-order valence-corrected chi connectivity index (χ3v) is 5.17. The zero-order chi connectivity index (χ0) is 19.1. The molecule has 1 heterocycles. The highest BCUT2D eigenvalue weighted by molar-refractivity contribution is 14.0. The fraction of sp³-hybridized carbons (Fsp3) is 0.409. The van der Waals surface area contributed by atoms with Gasteiger partial charge in [-0.3, -0.25) is 4.90 Å². The number of anilines is 1. The molecule has 152 valence electrons. The predicted octanol–water partition coefficient (Wildman–Crippen LogP) is 3.68. The van der Waals surface area contributed by atoms with Crippen LogP contribution in [0, 0.1) is 6.92 Å². The van der Waals surface area contributed by atoms with Gasteiger partial charge >= 0.3 is 0 Å². The van der Waals surface area contributed by atoms with Crippen molar-refractivity contribution >= 4 is 35.6 Å². The maximum atomic E-state index is 6.08. The molecule has 2 aromatic rings. The molecule has 0 radical (unpaired) electrons. The minimum atomic E-state index is 0. The van der Waals surface area contributed by atoms with Gasteiger partial charge in [0.1, 0.15) is 0 Å². The van der Waals surface area contributed by atoms with E-state index in [0.717, 1.165) is 45.0 Å². The third kappa shape index (κ3) is 6.76. The van der Waals surface area contributed by atoms with Crippen molar-refractivity contribution in [3.8, 4) is 0 Å². The quantitative estimate of drug-likeness (QED) is 0.366. The molecule has 1 saturated heterocycles. The van der Waals surface area contributed by atoms with Crippen LogP contribution < -0.4 is 11.1 Å². The lowest BCUT2D eigenvalue weighted by Crippen LogP contribution is -2.45. The van der Waals surface area contributed by atoms with Crippen LogP contribution in [0.1, 0.15) is 23.6 Å². The van der Waals surface area contributed by atoms with E-state index >= 15 is 0 Å². The molecule has 0 amide bonds. The van der Waals surface area contributed by atoms with Crippen molar-refractivity contribution in [2.24, 2.45) is 10.7 Å². The van der Waals surface area contributed by atoms with Crippen molar-refractivity contribution in [1.82, 2.24) is 9.80 Å². The van der Waals surface area contributed by atoms with Gasteiger partial charge in [0.2, 0.25) is 0 Å². The zero-order valence-electron chi connectivity index (χ0n) is 16.9. The van der Waals surface area contributed by atoms with Gasteiger partial charge in [0.05, 0.1) is 6.54 Å². The average Bonchev–Trinajstić information content (AvgIpc) is 2.70. The van der Waals surface area contributed by atoms with Crippen LogP contribution in [0.25, 0.3) is 0 Å². The number of nitrogens with one attached hydrogen (secondary N) is 1. The lowest BCUT2D eigenvalue weighted by molar-refractivity contribution is 0.131. The van der Waals surface area contributed by atoms with E-state index in [2.05, 4.69) is 70.4 Å². The van der Waals surface area contributed by atoms with Gasteiger partial charge in [0.25, 0.3) is 0 Å². The summed E-state index contributed by atoms with van der Waals surface area (Å²) >= 11 is 0. The van der Waals surface area contributed by atoms with Gasteiger partial charge in [-0.1, -0.05) is 48.9 Å². The van der Waals surface area contributed by atoms with Crippen molar-refractivity contribution in [3.63, 3.8) is 0 Å². The van der Waals surface area contributed by atoms with Crippen molar-refractivity contribution in [1.29, 1.82) is 0 Å². The van der Waals surface area contributed by atoms with Crippen molar-refractivity contribution in [2.45, 2.75) is 26.9 Å². The average molecular weight is 493 g/mol. The highest BCUT2D eigenvalue weighted by atomic mass is 127. The smallest absolute Gasteiger partial charge is 0.193 e. The summed E-state index contributed by atoms with van der Waals surface area (Å²) < 4.78 is 0. The second kappa shape index (κ2) is 11.4. The number of rotatable bonds is 6. The maximum absolute atomic E-state index is 6.08. The third-order valence-electron chi connectivity index (χ3n) is 5.17. The van der Waals surface area contributed by atoms with Gasteiger partial charge in [-0.25, -0.2) is 4.99 Å². The van der Waals surface area contributed by atoms with Crippen LogP contribution in [-0.4, -0.2) is 48.5 Å². The Morgan fingerprint density at radius 1 is 0.964 bits per heavy atom. The first-order valence-corrected chi connectivity index (χ1v) is 9.79. The number of piperazine rings is 1. The first-order valence-electron chi connectivity index (χ1n) is 9.79. The highest BCUT2D eigenvalue weighted by Crippen LogP contribution is 2.15. The molecule has 1 aliphatic rings. The number of benzene rings is 2. The standard InChI is InChI=1S/C22H31N5.HI/c1-3-26-12-14-27(15-13-26)17-20-7-5-4-6-19(20)16-24-22(23)25-21-10-8-18(2)9-11-21;/h4-11H,3,12-17H2,1-2H3,(H3,23,24,25);1H. The van der Waals surface area contributed by atoms with Crippen LogP contribution in [-0.2, 0) is 13.1 Å². The summed E-state index contributed by atoms with van der Waals surface area (Å²) in [7, 11) is 0. The van der Waals surface area contributed by atoms with Crippen molar-refractivity contribution in [3.05, 3.63) is 65.2 Å². The molecule has 6 heteroatoms. The molecule has 0 atom stereocenters. The summed E-state index contributed by atoms with van der Waals surface area (Å²) in [5.41, 5.74) is 10.8. The van der Waals surface area contributed by atoms with Crippen LogP contribution >= 0.6 is 24.0 Å². The van der Waals surface area contributed by atoms with E-state index in [1.54, 1.807) is 0 Å². The normalized spacial score (nSPS) is 15.9. The maximum Gasteiger partial charge on any atom is 0.193 e. The number of hydrogen-bond acceptors (Lipinski definition) is 3. The van der Waals surface area contributed by atoms with Gasteiger partial charge < -0.3 is 16.0 Å². The summed E-state index contributed by atoms with van der Waals surface area (Å²) in [5.74, 6) is 0.449.